The predicted molar refractivity (Wildman–Crippen MR) is 95.5 cm³/mol. The van der Waals surface area contributed by atoms with E-state index in [1.165, 1.54) is 12.1 Å². The number of nitro groups is 1. The van der Waals surface area contributed by atoms with Crippen molar-refractivity contribution in [3.05, 3.63) is 63.2 Å². The maximum Gasteiger partial charge on any atom is 0.270 e. The summed E-state index contributed by atoms with van der Waals surface area (Å²) in [6.45, 7) is 2.35. The van der Waals surface area contributed by atoms with Crippen molar-refractivity contribution in [3.8, 4) is 0 Å². The summed E-state index contributed by atoms with van der Waals surface area (Å²) in [5, 5.41) is 14.4. The van der Waals surface area contributed by atoms with Gasteiger partial charge >= 0.3 is 0 Å². The number of hydrogen-bond donors (Lipinski definition) is 1. The second-order valence-corrected chi connectivity index (χ2v) is 5.96. The smallest absolute Gasteiger partial charge is 0.270 e. The zero-order valence-electron chi connectivity index (χ0n) is 13.3. The summed E-state index contributed by atoms with van der Waals surface area (Å²) in [5.74, 6) is -0.410. The van der Waals surface area contributed by atoms with Gasteiger partial charge in [-0.25, -0.2) is 0 Å². The van der Waals surface area contributed by atoms with Gasteiger partial charge in [0.2, 0.25) is 0 Å². The van der Waals surface area contributed by atoms with E-state index in [2.05, 4.69) is 5.32 Å². The fourth-order valence-electron chi connectivity index (χ4n) is 2.63. The fourth-order valence-corrected chi connectivity index (χ4v) is 2.76. The van der Waals surface area contributed by atoms with Gasteiger partial charge in [-0.2, -0.15) is 0 Å². The number of carbonyl (C=O) groups is 1. The Hall–Kier alpha value is -2.64. The molecule has 1 aliphatic rings. The van der Waals surface area contributed by atoms with Gasteiger partial charge in [-0.05, 0) is 30.3 Å². The summed E-state index contributed by atoms with van der Waals surface area (Å²) in [5.41, 5.74) is 1.35. The van der Waals surface area contributed by atoms with E-state index >= 15 is 0 Å². The molecule has 0 aliphatic carbocycles. The molecule has 0 atom stereocenters. The van der Waals surface area contributed by atoms with E-state index in [1.54, 1.807) is 30.3 Å². The van der Waals surface area contributed by atoms with Crippen LogP contribution in [0.5, 0.6) is 0 Å². The van der Waals surface area contributed by atoms with Gasteiger partial charge in [0.05, 0.1) is 29.4 Å². The van der Waals surface area contributed by atoms with E-state index < -0.39 is 10.8 Å². The van der Waals surface area contributed by atoms with Crippen molar-refractivity contribution in [1.29, 1.82) is 0 Å². The number of halogens is 1. The number of hydrogen-bond acceptors (Lipinski definition) is 5. The van der Waals surface area contributed by atoms with Crippen molar-refractivity contribution in [2.45, 2.75) is 0 Å². The van der Waals surface area contributed by atoms with Gasteiger partial charge in [0.1, 0.15) is 0 Å². The second-order valence-electron chi connectivity index (χ2n) is 5.52. The molecule has 3 rings (SSSR count). The van der Waals surface area contributed by atoms with Gasteiger partial charge in [0.25, 0.3) is 11.6 Å². The number of nitro benzene ring substituents is 1. The van der Waals surface area contributed by atoms with Gasteiger partial charge in [-0.15, -0.1) is 0 Å². The number of non-ortho nitro benzene ring substituents is 1. The van der Waals surface area contributed by atoms with Crippen LogP contribution in [0.3, 0.4) is 0 Å². The van der Waals surface area contributed by atoms with E-state index in [9.17, 15) is 14.9 Å². The van der Waals surface area contributed by atoms with Gasteiger partial charge in [0.15, 0.2) is 0 Å². The van der Waals surface area contributed by atoms with Gasteiger partial charge in [-0.1, -0.05) is 11.6 Å². The molecule has 0 spiro atoms. The van der Waals surface area contributed by atoms with Gasteiger partial charge < -0.3 is 15.0 Å². The van der Waals surface area contributed by atoms with Crippen molar-refractivity contribution < 1.29 is 14.5 Å². The first kappa shape index (κ1) is 17.2. The van der Waals surface area contributed by atoms with E-state index in [0.717, 1.165) is 0 Å². The third-order valence-electron chi connectivity index (χ3n) is 3.89. The van der Waals surface area contributed by atoms with E-state index in [4.69, 9.17) is 16.3 Å². The predicted octanol–water partition coefficient (Wildman–Crippen LogP) is 3.34. The number of nitrogens with zero attached hydrogens (tertiary/aromatic N) is 2. The number of benzene rings is 2. The maximum atomic E-state index is 12.7. The molecule has 1 fully saturated rings. The van der Waals surface area contributed by atoms with Gasteiger partial charge in [0, 0.05) is 35.9 Å². The normalized spacial score (nSPS) is 14.2. The minimum absolute atomic E-state index is 0.127. The molecule has 0 unspecified atom stereocenters. The van der Waals surface area contributed by atoms with Crippen LogP contribution in [0.4, 0.5) is 17.1 Å². The monoisotopic (exact) mass is 361 g/mol. The Morgan fingerprint density at radius 1 is 1.16 bits per heavy atom. The van der Waals surface area contributed by atoms with Crippen LogP contribution >= 0.6 is 11.6 Å². The highest BCUT2D eigenvalue weighted by molar-refractivity contribution is 6.30. The van der Waals surface area contributed by atoms with Gasteiger partial charge in [-0.3, -0.25) is 14.9 Å². The largest absolute Gasteiger partial charge is 0.378 e. The fraction of sp³-hybridized carbons (Fsp3) is 0.235. The first-order chi connectivity index (χ1) is 12.0. The lowest BCUT2D eigenvalue weighted by Gasteiger charge is -2.30. The molecule has 8 heteroatoms. The minimum atomic E-state index is -0.512. The molecule has 25 heavy (non-hydrogen) atoms. The average Bonchev–Trinajstić information content (AvgIpc) is 2.63. The molecule has 1 heterocycles. The highest BCUT2D eigenvalue weighted by atomic mass is 35.5. The number of morpholine rings is 1. The van der Waals surface area contributed by atoms with E-state index in [1.807, 2.05) is 4.90 Å². The molecule has 0 saturated carbocycles. The second kappa shape index (κ2) is 7.50. The number of ether oxygens (including phenoxy) is 1. The topological polar surface area (TPSA) is 84.7 Å². The number of rotatable bonds is 4. The Balaban J connectivity index is 1.92. The van der Waals surface area contributed by atoms with Crippen LogP contribution in [0.15, 0.2) is 42.5 Å². The first-order valence-corrected chi connectivity index (χ1v) is 8.10. The standard InChI is InChI=1S/C17H16ClN3O4/c18-12-1-3-13(4-2-12)19-17(22)15-11-14(21(23)24)5-6-16(15)20-7-9-25-10-8-20/h1-6,11H,7-10H2,(H,19,22). The van der Waals surface area contributed by atoms with E-state index in [-0.39, 0.29) is 11.3 Å². The van der Waals surface area contributed by atoms with Crippen LogP contribution < -0.4 is 10.2 Å². The Bertz CT molecular complexity index is 789. The molecule has 0 bridgehead atoms. The minimum Gasteiger partial charge on any atom is -0.378 e. The van der Waals surface area contributed by atoms with Crippen molar-refractivity contribution in [1.82, 2.24) is 0 Å². The lowest BCUT2D eigenvalue weighted by Crippen LogP contribution is -2.37. The van der Waals surface area contributed by atoms with Crippen LogP contribution in [-0.4, -0.2) is 37.1 Å². The van der Waals surface area contributed by atoms with Crippen molar-refractivity contribution in [2.75, 3.05) is 36.5 Å². The molecular weight excluding hydrogens is 346 g/mol. The zero-order chi connectivity index (χ0) is 17.8. The lowest BCUT2D eigenvalue weighted by molar-refractivity contribution is -0.384. The van der Waals surface area contributed by atoms with Crippen molar-refractivity contribution in [3.63, 3.8) is 0 Å². The molecule has 1 amide bonds. The Kier molecular flexibility index (Phi) is 5.16. The molecule has 0 aromatic heterocycles. The third kappa shape index (κ3) is 4.07. The highest BCUT2D eigenvalue weighted by Crippen LogP contribution is 2.27. The number of carbonyl (C=O) groups excluding carboxylic acids is 1. The Morgan fingerprint density at radius 2 is 1.84 bits per heavy atom. The van der Waals surface area contributed by atoms with Crippen LogP contribution in [0, 0.1) is 10.1 Å². The summed E-state index contributed by atoms with van der Waals surface area (Å²) in [7, 11) is 0. The average molecular weight is 362 g/mol. The van der Waals surface area contributed by atoms with Crippen LogP contribution in [0.25, 0.3) is 0 Å². The zero-order valence-corrected chi connectivity index (χ0v) is 14.0. The molecular formula is C17H16ClN3O4. The van der Waals surface area contributed by atoms with Crippen LogP contribution in [-0.2, 0) is 4.74 Å². The number of amides is 1. The summed E-state index contributed by atoms with van der Waals surface area (Å²) < 4.78 is 5.33. The molecule has 1 N–H and O–H groups in total. The molecule has 1 saturated heterocycles. The quantitative estimate of drug-likeness (QED) is 0.667. The SMILES string of the molecule is O=C(Nc1ccc(Cl)cc1)c1cc([N+](=O)[O-])ccc1N1CCOCC1. The molecule has 2 aromatic rings. The lowest BCUT2D eigenvalue weighted by atomic mass is 10.1. The summed E-state index contributed by atoms with van der Waals surface area (Å²) >= 11 is 5.84. The summed E-state index contributed by atoms with van der Waals surface area (Å²) in [4.78, 5) is 25.3. The Morgan fingerprint density at radius 3 is 2.48 bits per heavy atom. The number of anilines is 2. The molecule has 7 nitrogen and oxygen atoms in total. The van der Waals surface area contributed by atoms with Crippen molar-refractivity contribution >= 4 is 34.6 Å². The molecule has 2 aromatic carbocycles. The van der Waals surface area contributed by atoms with Crippen LogP contribution in [0.2, 0.25) is 5.02 Å². The molecule has 130 valence electrons. The Labute approximate surface area is 149 Å². The van der Waals surface area contributed by atoms with E-state index in [0.29, 0.717) is 42.7 Å². The summed E-state index contributed by atoms with van der Waals surface area (Å²) in [6.07, 6.45) is 0. The summed E-state index contributed by atoms with van der Waals surface area (Å²) in [6, 6.07) is 11.0. The maximum absolute atomic E-state index is 12.7. The van der Waals surface area contributed by atoms with Crippen LogP contribution in [0.1, 0.15) is 10.4 Å². The van der Waals surface area contributed by atoms with Crippen molar-refractivity contribution in [2.24, 2.45) is 0 Å². The highest BCUT2D eigenvalue weighted by Gasteiger charge is 2.22. The first-order valence-electron chi connectivity index (χ1n) is 7.72. The molecule has 1 aliphatic heterocycles. The number of nitrogens with one attached hydrogen (secondary N) is 1. The molecule has 0 radical (unpaired) electrons. The third-order valence-corrected chi connectivity index (χ3v) is 4.14.